The molecule has 0 aliphatic heterocycles. The molecular formula is C10H11BrFNO2. The molecule has 0 saturated heterocycles. The molecule has 1 atom stereocenters. The quantitative estimate of drug-likeness (QED) is 0.885. The molecule has 0 aliphatic rings. The van der Waals surface area contributed by atoms with E-state index in [0.29, 0.717) is 16.6 Å². The fourth-order valence-electron chi connectivity index (χ4n) is 1.01. The summed E-state index contributed by atoms with van der Waals surface area (Å²) in [5, 5.41) is 11.4. The zero-order valence-electron chi connectivity index (χ0n) is 8.13. The molecule has 5 heteroatoms. The summed E-state index contributed by atoms with van der Waals surface area (Å²) in [6.45, 7) is 1.87. The first-order valence-corrected chi connectivity index (χ1v) is 5.20. The van der Waals surface area contributed by atoms with Crippen molar-refractivity contribution in [1.29, 1.82) is 0 Å². The Labute approximate surface area is 95.4 Å². The van der Waals surface area contributed by atoms with Gasteiger partial charge in [-0.15, -0.1) is 0 Å². The highest BCUT2D eigenvalue weighted by Gasteiger charge is 2.09. The number of carboxylic acid groups (broad SMARTS) is 1. The summed E-state index contributed by atoms with van der Waals surface area (Å²) < 4.78 is 13.5. The Morgan fingerprint density at radius 1 is 1.67 bits per heavy atom. The molecule has 2 N–H and O–H groups in total. The van der Waals surface area contributed by atoms with Gasteiger partial charge in [0.1, 0.15) is 11.9 Å². The van der Waals surface area contributed by atoms with Crippen LogP contribution < -0.4 is 5.32 Å². The molecule has 0 aliphatic carbocycles. The zero-order valence-corrected chi connectivity index (χ0v) is 9.71. The van der Waals surface area contributed by atoms with Crippen LogP contribution in [0.25, 0.3) is 0 Å². The molecule has 1 unspecified atom stereocenters. The van der Waals surface area contributed by atoms with Gasteiger partial charge in [0.2, 0.25) is 0 Å². The largest absolute Gasteiger partial charge is 0.480 e. The van der Waals surface area contributed by atoms with Crippen molar-refractivity contribution in [3.8, 4) is 0 Å². The van der Waals surface area contributed by atoms with Crippen LogP contribution in [-0.2, 0) is 11.3 Å². The maximum Gasteiger partial charge on any atom is 0.320 e. The van der Waals surface area contributed by atoms with Crippen LogP contribution in [-0.4, -0.2) is 17.1 Å². The normalized spacial score (nSPS) is 12.5. The second kappa shape index (κ2) is 5.23. The first kappa shape index (κ1) is 12.1. The van der Waals surface area contributed by atoms with Gasteiger partial charge in [-0.3, -0.25) is 4.79 Å². The minimum atomic E-state index is -0.924. The predicted molar refractivity (Wildman–Crippen MR) is 58.0 cm³/mol. The molecule has 0 heterocycles. The van der Waals surface area contributed by atoms with E-state index in [-0.39, 0.29) is 5.82 Å². The van der Waals surface area contributed by atoms with E-state index in [2.05, 4.69) is 21.2 Å². The maximum absolute atomic E-state index is 13.1. The number of benzene rings is 1. The van der Waals surface area contributed by atoms with Crippen molar-refractivity contribution in [2.45, 2.75) is 19.5 Å². The van der Waals surface area contributed by atoms with E-state index in [0.717, 1.165) is 0 Å². The second-order valence-corrected chi connectivity index (χ2v) is 4.04. The lowest BCUT2D eigenvalue weighted by Gasteiger charge is -2.09. The number of nitrogens with one attached hydrogen (secondary N) is 1. The molecule has 0 radical (unpaired) electrons. The summed E-state index contributed by atoms with van der Waals surface area (Å²) in [5.41, 5.74) is 0.712. The Kier molecular flexibility index (Phi) is 4.23. The van der Waals surface area contributed by atoms with E-state index in [4.69, 9.17) is 5.11 Å². The highest BCUT2D eigenvalue weighted by atomic mass is 79.9. The number of carboxylic acids is 1. The molecule has 82 valence electrons. The van der Waals surface area contributed by atoms with Crippen molar-refractivity contribution in [2.24, 2.45) is 0 Å². The molecule has 1 rings (SSSR count). The van der Waals surface area contributed by atoms with Crippen LogP contribution in [0.2, 0.25) is 0 Å². The average Bonchev–Trinajstić information content (AvgIpc) is 2.19. The lowest BCUT2D eigenvalue weighted by atomic mass is 10.2. The molecule has 0 fully saturated rings. The predicted octanol–water partition coefficient (Wildman–Crippen LogP) is 2.15. The third-order valence-electron chi connectivity index (χ3n) is 1.97. The summed E-state index contributed by atoms with van der Waals surface area (Å²) >= 11 is 3.04. The van der Waals surface area contributed by atoms with E-state index < -0.39 is 12.0 Å². The van der Waals surface area contributed by atoms with Crippen LogP contribution in [0.15, 0.2) is 22.7 Å². The molecule has 0 aromatic heterocycles. The molecule has 1 aromatic rings. The summed E-state index contributed by atoms with van der Waals surface area (Å²) in [5.74, 6) is -1.27. The average molecular weight is 276 g/mol. The summed E-state index contributed by atoms with van der Waals surface area (Å²) in [6.07, 6.45) is 0. The fourth-order valence-corrected chi connectivity index (χ4v) is 1.25. The van der Waals surface area contributed by atoms with Crippen molar-refractivity contribution in [3.05, 3.63) is 34.1 Å². The van der Waals surface area contributed by atoms with Crippen LogP contribution in [0.3, 0.4) is 0 Å². The summed E-state index contributed by atoms with van der Waals surface area (Å²) in [6, 6.07) is 4.05. The first-order chi connectivity index (χ1) is 7.00. The number of carbonyl (C=O) groups is 1. The molecule has 0 bridgehead atoms. The fraction of sp³-hybridized carbons (Fsp3) is 0.300. The topological polar surface area (TPSA) is 49.3 Å². The second-order valence-electron chi connectivity index (χ2n) is 3.19. The van der Waals surface area contributed by atoms with E-state index in [1.165, 1.54) is 13.0 Å². The van der Waals surface area contributed by atoms with Gasteiger partial charge >= 0.3 is 5.97 Å². The maximum atomic E-state index is 13.1. The summed E-state index contributed by atoms with van der Waals surface area (Å²) in [7, 11) is 0. The van der Waals surface area contributed by atoms with Crippen molar-refractivity contribution in [1.82, 2.24) is 5.32 Å². The molecule has 1 aromatic carbocycles. The van der Waals surface area contributed by atoms with Crippen molar-refractivity contribution >= 4 is 21.9 Å². The number of hydrogen-bond acceptors (Lipinski definition) is 2. The van der Waals surface area contributed by atoms with E-state index in [1.807, 2.05) is 0 Å². The third kappa shape index (κ3) is 3.60. The van der Waals surface area contributed by atoms with Gasteiger partial charge in [0.05, 0.1) is 4.47 Å². The van der Waals surface area contributed by atoms with Gasteiger partial charge < -0.3 is 10.4 Å². The molecule has 0 saturated carbocycles. The number of halogens is 2. The molecule has 0 amide bonds. The lowest BCUT2D eigenvalue weighted by Crippen LogP contribution is -2.33. The molecular weight excluding hydrogens is 265 g/mol. The Bertz CT molecular complexity index is 370. The van der Waals surface area contributed by atoms with Gasteiger partial charge in [-0.1, -0.05) is 6.07 Å². The molecule has 0 spiro atoms. The summed E-state index contributed by atoms with van der Waals surface area (Å²) in [4.78, 5) is 10.5. The Balaban J connectivity index is 2.58. The monoisotopic (exact) mass is 275 g/mol. The Morgan fingerprint density at radius 2 is 2.33 bits per heavy atom. The minimum absolute atomic E-state index is 0.331. The Hall–Kier alpha value is -0.940. The number of aliphatic carboxylic acids is 1. The van der Waals surface area contributed by atoms with Gasteiger partial charge in [-0.2, -0.15) is 0 Å². The van der Waals surface area contributed by atoms with Gasteiger partial charge in [0, 0.05) is 6.54 Å². The SMILES string of the molecule is CC(NCc1ccc(Br)c(F)c1)C(=O)O. The van der Waals surface area contributed by atoms with Gasteiger partial charge in [-0.25, -0.2) is 4.39 Å². The van der Waals surface area contributed by atoms with Crippen LogP contribution in [0, 0.1) is 5.82 Å². The van der Waals surface area contributed by atoms with E-state index >= 15 is 0 Å². The van der Waals surface area contributed by atoms with Crippen molar-refractivity contribution < 1.29 is 14.3 Å². The molecule has 15 heavy (non-hydrogen) atoms. The van der Waals surface area contributed by atoms with Crippen molar-refractivity contribution in [2.75, 3.05) is 0 Å². The van der Waals surface area contributed by atoms with Gasteiger partial charge in [0.25, 0.3) is 0 Å². The van der Waals surface area contributed by atoms with Crippen LogP contribution >= 0.6 is 15.9 Å². The first-order valence-electron chi connectivity index (χ1n) is 4.41. The zero-order chi connectivity index (χ0) is 11.4. The Morgan fingerprint density at radius 3 is 2.87 bits per heavy atom. The third-order valence-corrected chi connectivity index (χ3v) is 2.61. The highest BCUT2D eigenvalue weighted by molar-refractivity contribution is 9.10. The highest BCUT2D eigenvalue weighted by Crippen LogP contribution is 2.16. The smallest absolute Gasteiger partial charge is 0.320 e. The van der Waals surface area contributed by atoms with Gasteiger partial charge in [0.15, 0.2) is 0 Å². The van der Waals surface area contributed by atoms with E-state index in [9.17, 15) is 9.18 Å². The van der Waals surface area contributed by atoms with Gasteiger partial charge in [-0.05, 0) is 40.5 Å². The number of hydrogen-bond donors (Lipinski definition) is 2. The van der Waals surface area contributed by atoms with Crippen LogP contribution in [0.5, 0.6) is 0 Å². The lowest BCUT2D eigenvalue weighted by molar-refractivity contribution is -0.139. The standard InChI is InChI=1S/C10H11BrFNO2/c1-6(10(14)15)13-5-7-2-3-8(11)9(12)4-7/h2-4,6,13H,5H2,1H3,(H,14,15). The van der Waals surface area contributed by atoms with Crippen LogP contribution in [0.4, 0.5) is 4.39 Å². The van der Waals surface area contributed by atoms with Crippen molar-refractivity contribution in [3.63, 3.8) is 0 Å². The number of rotatable bonds is 4. The van der Waals surface area contributed by atoms with E-state index in [1.54, 1.807) is 12.1 Å². The molecule has 3 nitrogen and oxygen atoms in total. The minimum Gasteiger partial charge on any atom is -0.480 e. The van der Waals surface area contributed by atoms with Crippen LogP contribution in [0.1, 0.15) is 12.5 Å².